The highest BCUT2D eigenvalue weighted by Gasteiger charge is 2.51. The summed E-state index contributed by atoms with van der Waals surface area (Å²) in [5.41, 5.74) is 14.5. The van der Waals surface area contributed by atoms with Crippen molar-refractivity contribution in [2.45, 2.75) is 43.9 Å². The van der Waals surface area contributed by atoms with E-state index < -0.39 is 0 Å². The first-order valence-corrected chi connectivity index (χ1v) is 21.2. The third kappa shape index (κ3) is 5.61. The molecule has 4 aliphatic rings. The van der Waals surface area contributed by atoms with Crippen LogP contribution < -0.4 is 4.90 Å². The summed E-state index contributed by atoms with van der Waals surface area (Å²) in [5.74, 6) is 2.86. The Labute approximate surface area is 340 Å². The fourth-order valence-electron chi connectivity index (χ4n) is 11.8. The van der Waals surface area contributed by atoms with Crippen molar-refractivity contribution < 1.29 is 4.42 Å². The largest absolute Gasteiger partial charge is 0.456 e. The van der Waals surface area contributed by atoms with Crippen molar-refractivity contribution >= 4 is 49.8 Å². The summed E-state index contributed by atoms with van der Waals surface area (Å²) >= 11 is 0. The zero-order valence-electron chi connectivity index (χ0n) is 32.7. The molecular weight excluding hydrogens is 703 g/mol. The molecule has 0 aliphatic heterocycles. The van der Waals surface area contributed by atoms with Crippen molar-refractivity contribution in [3.8, 4) is 33.4 Å². The van der Waals surface area contributed by atoms with Crippen molar-refractivity contribution in [2.24, 2.45) is 17.8 Å². The number of anilines is 3. The number of fused-ring (bicyclic) bond motifs is 4. The topological polar surface area (TPSA) is 16.4 Å². The molecule has 0 N–H and O–H groups in total. The number of rotatable bonds is 7. The Kier molecular flexibility index (Phi) is 7.76. The van der Waals surface area contributed by atoms with E-state index in [2.05, 4.69) is 181 Å². The maximum atomic E-state index is 6.29. The van der Waals surface area contributed by atoms with Crippen LogP contribution in [0.5, 0.6) is 0 Å². The van der Waals surface area contributed by atoms with Crippen molar-refractivity contribution in [1.82, 2.24) is 0 Å². The molecule has 2 nitrogen and oxygen atoms in total. The summed E-state index contributed by atoms with van der Waals surface area (Å²) in [6.45, 7) is 0. The summed E-state index contributed by atoms with van der Waals surface area (Å²) in [7, 11) is 0. The van der Waals surface area contributed by atoms with E-state index in [4.69, 9.17) is 4.42 Å². The Hall–Kier alpha value is -6.38. The average molecular weight is 748 g/mol. The van der Waals surface area contributed by atoms with E-state index in [1.165, 1.54) is 82.7 Å². The molecule has 9 aromatic rings. The molecule has 1 heterocycles. The smallest absolute Gasteiger partial charge is 0.135 e. The molecule has 0 unspecified atom stereocenters. The van der Waals surface area contributed by atoms with Crippen LogP contribution in [0.4, 0.5) is 17.1 Å². The molecule has 1 aromatic heterocycles. The normalized spacial score (nSPS) is 20.9. The van der Waals surface area contributed by atoms with Crippen LogP contribution >= 0.6 is 0 Å². The van der Waals surface area contributed by atoms with Crippen LogP contribution in [0.1, 0.15) is 44.1 Å². The first-order valence-electron chi connectivity index (χ1n) is 21.2. The van der Waals surface area contributed by atoms with Gasteiger partial charge in [0.15, 0.2) is 0 Å². The Morgan fingerprint density at radius 3 is 1.71 bits per heavy atom. The second-order valence-electron chi connectivity index (χ2n) is 17.6. The predicted molar refractivity (Wildman–Crippen MR) is 242 cm³/mol. The van der Waals surface area contributed by atoms with Crippen LogP contribution in [0.15, 0.2) is 186 Å². The summed E-state index contributed by atoms with van der Waals surface area (Å²) in [5, 5.41) is 4.75. The third-order valence-electron chi connectivity index (χ3n) is 14.0. The Balaban J connectivity index is 0.949. The number of para-hydroxylation sites is 1. The number of hydrogen-bond acceptors (Lipinski definition) is 2. The maximum Gasteiger partial charge on any atom is 0.135 e. The lowest BCUT2D eigenvalue weighted by Gasteiger charge is -2.57. The Bertz CT molecular complexity index is 2930. The van der Waals surface area contributed by atoms with E-state index in [0.717, 1.165) is 56.8 Å². The van der Waals surface area contributed by atoms with Gasteiger partial charge in [0.05, 0.1) is 0 Å². The Morgan fingerprint density at radius 2 is 0.983 bits per heavy atom. The molecule has 58 heavy (non-hydrogen) atoms. The van der Waals surface area contributed by atoms with Gasteiger partial charge in [-0.15, -0.1) is 0 Å². The van der Waals surface area contributed by atoms with Gasteiger partial charge >= 0.3 is 0 Å². The molecule has 0 atom stereocenters. The highest BCUT2D eigenvalue weighted by molar-refractivity contribution is 6.08. The maximum absolute atomic E-state index is 6.29. The summed E-state index contributed by atoms with van der Waals surface area (Å²) < 4.78 is 6.29. The van der Waals surface area contributed by atoms with E-state index in [1.54, 1.807) is 5.56 Å². The Morgan fingerprint density at radius 1 is 0.414 bits per heavy atom. The van der Waals surface area contributed by atoms with E-state index in [-0.39, 0.29) is 0 Å². The van der Waals surface area contributed by atoms with Gasteiger partial charge in [-0.2, -0.15) is 0 Å². The number of nitrogens with zero attached hydrogens (tertiary/aromatic N) is 1. The molecule has 2 heteroatoms. The van der Waals surface area contributed by atoms with E-state index in [1.807, 2.05) is 6.07 Å². The van der Waals surface area contributed by atoms with Crippen LogP contribution in [0, 0.1) is 17.8 Å². The lowest BCUT2D eigenvalue weighted by Crippen LogP contribution is -2.48. The van der Waals surface area contributed by atoms with Crippen LogP contribution in [0.3, 0.4) is 0 Å². The minimum absolute atomic E-state index is 0.419. The van der Waals surface area contributed by atoms with Gasteiger partial charge in [0.1, 0.15) is 11.2 Å². The van der Waals surface area contributed by atoms with Gasteiger partial charge in [-0.05, 0) is 160 Å². The van der Waals surface area contributed by atoms with Crippen LogP contribution in [0.2, 0.25) is 0 Å². The van der Waals surface area contributed by atoms with Crippen molar-refractivity contribution in [2.75, 3.05) is 4.90 Å². The van der Waals surface area contributed by atoms with E-state index >= 15 is 0 Å². The van der Waals surface area contributed by atoms with Gasteiger partial charge in [0.2, 0.25) is 0 Å². The lowest BCUT2D eigenvalue weighted by molar-refractivity contribution is -0.00518. The minimum atomic E-state index is 0.419. The molecule has 4 aliphatic carbocycles. The molecular formula is C56H45NO. The zero-order valence-corrected chi connectivity index (χ0v) is 32.7. The van der Waals surface area contributed by atoms with Gasteiger partial charge in [-0.25, -0.2) is 0 Å². The fraction of sp³-hybridized carbons (Fsp3) is 0.179. The number of furan rings is 1. The zero-order chi connectivity index (χ0) is 38.2. The van der Waals surface area contributed by atoms with Gasteiger partial charge in [-0.1, -0.05) is 133 Å². The van der Waals surface area contributed by atoms with E-state index in [0.29, 0.717) is 5.41 Å². The summed E-state index contributed by atoms with van der Waals surface area (Å²) in [6, 6.07) is 67.0. The minimum Gasteiger partial charge on any atom is -0.456 e. The molecule has 4 saturated carbocycles. The molecule has 0 spiro atoms. The van der Waals surface area contributed by atoms with Gasteiger partial charge in [0, 0.05) is 27.8 Å². The molecule has 4 fully saturated rings. The third-order valence-corrected chi connectivity index (χ3v) is 14.0. The molecule has 0 radical (unpaired) electrons. The monoisotopic (exact) mass is 747 g/mol. The van der Waals surface area contributed by atoms with Gasteiger partial charge in [-0.3, -0.25) is 0 Å². The van der Waals surface area contributed by atoms with Gasteiger partial charge in [0.25, 0.3) is 0 Å². The van der Waals surface area contributed by atoms with Gasteiger partial charge < -0.3 is 9.32 Å². The summed E-state index contributed by atoms with van der Waals surface area (Å²) in [6.07, 6.45) is 8.65. The molecule has 8 aromatic carbocycles. The molecule has 4 bridgehead atoms. The van der Waals surface area contributed by atoms with E-state index in [9.17, 15) is 0 Å². The fourth-order valence-corrected chi connectivity index (χ4v) is 11.8. The van der Waals surface area contributed by atoms with Crippen molar-refractivity contribution in [1.29, 1.82) is 0 Å². The first kappa shape index (κ1) is 33.7. The average Bonchev–Trinajstić information content (AvgIpc) is 3.64. The molecule has 13 rings (SSSR count). The van der Waals surface area contributed by atoms with Crippen LogP contribution in [-0.2, 0) is 5.41 Å². The van der Waals surface area contributed by atoms with Crippen molar-refractivity contribution in [3.05, 3.63) is 188 Å². The quantitative estimate of drug-likeness (QED) is 0.161. The summed E-state index contributed by atoms with van der Waals surface area (Å²) in [4.78, 5) is 2.40. The molecule has 0 amide bonds. The molecule has 0 saturated heterocycles. The van der Waals surface area contributed by atoms with Crippen LogP contribution in [0.25, 0.3) is 66.1 Å². The number of benzene rings is 8. The first-order chi connectivity index (χ1) is 28.6. The standard InChI is InChI=1S/C56H45NO/c1-2-9-42(10-3-1)49-16-7-11-43-12-8-17-50(55(43)49)44-13-6-14-47(32-44)57(48-27-28-54-52(33-48)51-15-4-5-18-53(51)58-54)46-25-21-41(22-26-46)40-19-23-45(24-20-40)56-34-37-29-38(35-56)31-39(30-37)36-56/h1-28,32-33,37-39H,29-31,34-36H2. The second kappa shape index (κ2) is 13.4. The lowest BCUT2D eigenvalue weighted by atomic mass is 9.48. The van der Waals surface area contributed by atoms with Crippen molar-refractivity contribution in [3.63, 3.8) is 0 Å². The highest BCUT2D eigenvalue weighted by Crippen LogP contribution is 2.60. The SMILES string of the molecule is c1ccc(-c2cccc3cccc(-c4cccc(N(c5ccc(-c6ccc(C78CC9CC(CC(C9)C7)C8)cc6)cc5)c5ccc6oc7ccccc7c6c5)c4)c23)cc1. The highest BCUT2D eigenvalue weighted by atomic mass is 16.3. The molecule has 280 valence electrons. The predicted octanol–water partition coefficient (Wildman–Crippen LogP) is 15.7. The second-order valence-corrected chi connectivity index (χ2v) is 17.6. The van der Waals surface area contributed by atoms with Crippen LogP contribution in [-0.4, -0.2) is 0 Å². The number of hydrogen-bond donors (Lipinski definition) is 0.